The molecule has 2 aliphatic rings. The summed E-state index contributed by atoms with van der Waals surface area (Å²) in [4.78, 5) is 14.8. The smallest absolute Gasteiger partial charge is 0.225 e. The molecule has 1 aliphatic heterocycles. The third-order valence-electron chi connectivity index (χ3n) is 7.15. The van der Waals surface area contributed by atoms with Crippen molar-refractivity contribution in [1.29, 1.82) is 0 Å². The van der Waals surface area contributed by atoms with Crippen LogP contribution >= 0.6 is 0 Å². The molecule has 4 nitrogen and oxygen atoms in total. The molecule has 2 N–H and O–H groups in total. The van der Waals surface area contributed by atoms with Gasteiger partial charge in [-0.2, -0.15) is 0 Å². The minimum absolute atomic E-state index is 0.219. The zero-order chi connectivity index (χ0) is 23.0. The fourth-order valence-corrected chi connectivity index (χ4v) is 5.30. The highest BCUT2D eigenvalue weighted by Gasteiger charge is 2.33. The first kappa shape index (κ1) is 22.7. The number of rotatable bonds is 5. The number of primary amides is 1. The van der Waals surface area contributed by atoms with Crippen LogP contribution in [-0.4, -0.2) is 18.6 Å². The van der Waals surface area contributed by atoms with E-state index in [-0.39, 0.29) is 17.2 Å². The van der Waals surface area contributed by atoms with Crippen molar-refractivity contribution in [2.45, 2.75) is 85.3 Å². The van der Waals surface area contributed by atoms with E-state index in [4.69, 9.17) is 10.5 Å². The second-order valence-corrected chi connectivity index (χ2v) is 10.8. The van der Waals surface area contributed by atoms with Gasteiger partial charge in [-0.15, -0.1) is 0 Å². The summed E-state index contributed by atoms with van der Waals surface area (Å²) in [5.74, 6) is 0.480. The van der Waals surface area contributed by atoms with Gasteiger partial charge >= 0.3 is 0 Å². The normalized spacial score (nSPS) is 17.8. The Bertz CT molecular complexity index is 978. The third-order valence-corrected chi connectivity index (χ3v) is 7.15. The minimum atomic E-state index is -0.296. The lowest BCUT2D eigenvalue weighted by atomic mass is 9.73. The van der Waals surface area contributed by atoms with Crippen molar-refractivity contribution in [1.82, 2.24) is 0 Å². The molecule has 0 saturated heterocycles. The van der Waals surface area contributed by atoms with Crippen molar-refractivity contribution in [3.05, 3.63) is 58.1 Å². The number of aryl methyl sites for hydroxylation is 3. The molecule has 0 spiro atoms. The van der Waals surface area contributed by atoms with Crippen molar-refractivity contribution in [3.63, 3.8) is 0 Å². The average molecular weight is 435 g/mol. The number of amides is 1. The maximum atomic E-state index is 12.3. The van der Waals surface area contributed by atoms with E-state index in [1.54, 1.807) is 0 Å². The highest BCUT2D eigenvalue weighted by Crippen LogP contribution is 2.40. The molecule has 1 saturated carbocycles. The van der Waals surface area contributed by atoms with E-state index in [1.807, 2.05) is 0 Å². The van der Waals surface area contributed by atoms with Crippen molar-refractivity contribution >= 4 is 11.6 Å². The molecule has 1 unspecified atom stereocenters. The van der Waals surface area contributed by atoms with Crippen LogP contribution in [0.2, 0.25) is 0 Å². The summed E-state index contributed by atoms with van der Waals surface area (Å²) < 4.78 is 6.13. The first-order valence-electron chi connectivity index (χ1n) is 12.1. The minimum Gasteiger partial charge on any atom is -0.490 e. The molecular weight excluding hydrogens is 396 g/mol. The Morgan fingerprint density at radius 2 is 1.75 bits per heavy atom. The van der Waals surface area contributed by atoms with Crippen LogP contribution < -0.4 is 15.4 Å². The van der Waals surface area contributed by atoms with Crippen molar-refractivity contribution in [2.24, 2.45) is 11.1 Å². The maximum absolute atomic E-state index is 12.3. The quantitative estimate of drug-likeness (QED) is 0.647. The fourth-order valence-electron chi connectivity index (χ4n) is 5.30. The molecule has 4 rings (SSSR count). The van der Waals surface area contributed by atoms with Gasteiger partial charge in [0.25, 0.3) is 0 Å². The first-order chi connectivity index (χ1) is 15.1. The molecule has 172 valence electrons. The van der Waals surface area contributed by atoms with Gasteiger partial charge in [0.15, 0.2) is 0 Å². The van der Waals surface area contributed by atoms with Crippen LogP contribution in [0.3, 0.4) is 0 Å². The molecule has 1 amide bonds. The first-order valence-corrected chi connectivity index (χ1v) is 12.1. The second-order valence-electron chi connectivity index (χ2n) is 10.8. The number of nitrogens with two attached hydrogens (primary N) is 1. The lowest BCUT2D eigenvalue weighted by molar-refractivity contribution is -0.121. The number of nitrogens with zero attached hydrogens (tertiary/aromatic N) is 1. The summed E-state index contributed by atoms with van der Waals surface area (Å²) in [5, 5.41) is 0. The second kappa shape index (κ2) is 8.80. The number of ether oxygens (including phenoxy) is 1. The summed E-state index contributed by atoms with van der Waals surface area (Å²) in [6.07, 6.45) is 6.27. The number of hydrogen-bond donors (Lipinski definition) is 1. The summed E-state index contributed by atoms with van der Waals surface area (Å²) in [5.41, 5.74) is 13.0. The zero-order valence-electron chi connectivity index (χ0n) is 20.3. The van der Waals surface area contributed by atoms with E-state index >= 15 is 0 Å². The molecule has 2 aromatic carbocycles. The fraction of sp³-hybridized carbons (Fsp3) is 0.536. The van der Waals surface area contributed by atoms with Crippen LogP contribution in [-0.2, 0) is 17.8 Å². The summed E-state index contributed by atoms with van der Waals surface area (Å²) in [7, 11) is 0. The van der Waals surface area contributed by atoms with Gasteiger partial charge in [0.05, 0.1) is 12.0 Å². The molecule has 32 heavy (non-hydrogen) atoms. The monoisotopic (exact) mass is 434 g/mol. The lowest BCUT2D eigenvalue weighted by Crippen LogP contribution is -2.33. The van der Waals surface area contributed by atoms with Crippen LogP contribution in [0.5, 0.6) is 5.75 Å². The average Bonchev–Trinajstić information content (AvgIpc) is 2.88. The molecule has 1 atom stereocenters. The van der Waals surface area contributed by atoms with E-state index in [0.29, 0.717) is 6.10 Å². The Labute approximate surface area is 193 Å². The van der Waals surface area contributed by atoms with Gasteiger partial charge < -0.3 is 15.4 Å². The predicted molar refractivity (Wildman–Crippen MR) is 131 cm³/mol. The van der Waals surface area contributed by atoms with Crippen LogP contribution in [0.25, 0.3) is 0 Å². The Morgan fingerprint density at radius 1 is 1.06 bits per heavy atom. The van der Waals surface area contributed by atoms with Gasteiger partial charge in [-0.05, 0) is 103 Å². The van der Waals surface area contributed by atoms with Gasteiger partial charge in [0, 0.05) is 18.8 Å². The Hall–Kier alpha value is -2.49. The van der Waals surface area contributed by atoms with Gasteiger partial charge in [-0.1, -0.05) is 26.8 Å². The SMILES string of the molecule is Cc1cc(N2CCCc3cc(OC4CCC4)ccc3C2)cc(C)c1C(C(N)=O)C(C)(C)C. The number of benzene rings is 2. The lowest BCUT2D eigenvalue weighted by Gasteiger charge is -2.32. The van der Waals surface area contributed by atoms with Crippen LogP contribution in [0.1, 0.15) is 80.2 Å². The summed E-state index contributed by atoms with van der Waals surface area (Å²) in [6, 6.07) is 11.1. The summed E-state index contributed by atoms with van der Waals surface area (Å²) >= 11 is 0. The van der Waals surface area contributed by atoms with E-state index in [9.17, 15) is 4.79 Å². The van der Waals surface area contributed by atoms with Gasteiger partial charge in [-0.25, -0.2) is 0 Å². The van der Waals surface area contributed by atoms with Crippen molar-refractivity contribution in [2.75, 3.05) is 11.4 Å². The van der Waals surface area contributed by atoms with Gasteiger partial charge in [0.2, 0.25) is 5.91 Å². The zero-order valence-corrected chi connectivity index (χ0v) is 20.3. The van der Waals surface area contributed by atoms with E-state index in [0.717, 1.165) is 48.4 Å². The highest BCUT2D eigenvalue weighted by molar-refractivity contribution is 5.84. The Kier molecular flexibility index (Phi) is 6.24. The van der Waals surface area contributed by atoms with Crippen LogP contribution in [0.4, 0.5) is 5.69 Å². The number of anilines is 1. The Balaban J connectivity index is 1.59. The molecule has 4 heteroatoms. The Morgan fingerprint density at radius 3 is 2.31 bits per heavy atom. The van der Waals surface area contributed by atoms with Crippen molar-refractivity contribution < 1.29 is 9.53 Å². The molecule has 1 heterocycles. The molecule has 0 radical (unpaired) electrons. The predicted octanol–water partition coefficient (Wildman–Crippen LogP) is 5.80. The molecule has 1 fully saturated rings. The van der Waals surface area contributed by atoms with E-state index < -0.39 is 0 Å². The third kappa shape index (κ3) is 4.65. The number of fused-ring (bicyclic) bond motifs is 1. The molecule has 0 aromatic heterocycles. The number of carbonyl (C=O) groups is 1. The molecular formula is C28H38N2O2. The van der Waals surface area contributed by atoms with E-state index in [2.05, 4.69) is 69.9 Å². The van der Waals surface area contributed by atoms with Gasteiger partial charge in [0.1, 0.15) is 5.75 Å². The number of hydrogen-bond acceptors (Lipinski definition) is 3. The topological polar surface area (TPSA) is 55.6 Å². The standard InChI is InChI=1S/C28H38N2O2/c1-18-14-22(15-19(2)25(18)26(27(29)31)28(3,4)5)30-13-7-8-20-16-24(12-11-21(20)17-30)32-23-9-6-10-23/h11-12,14-16,23,26H,6-10,13,17H2,1-5H3,(H2,29,31). The summed E-state index contributed by atoms with van der Waals surface area (Å²) in [6.45, 7) is 12.4. The van der Waals surface area contributed by atoms with E-state index in [1.165, 1.54) is 36.1 Å². The largest absolute Gasteiger partial charge is 0.490 e. The molecule has 2 aromatic rings. The highest BCUT2D eigenvalue weighted by atomic mass is 16.5. The van der Waals surface area contributed by atoms with Gasteiger partial charge in [-0.3, -0.25) is 4.79 Å². The maximum Gasteiger partial charge on any atom is 0.225 e. The van der Waals surface area contributed by atoms with Crippen molar-refractivity contribution in [3.8, 4) is 5.75 Å². The molecule has 1 aliphatic carbocycles. The van der Waals surface area contributed by atoms with Crippen LogP contribution in [0, 0.1) is 19.3 Å². The van der Waals surface area contributed by atoms with Crippen LogP contribution in [0.15, 0.2) is 30.3 Å². The molecule has 0 bridgehead atoms. The number of carbonyl (C=O) groups excluding carboxylic acids is 1.